The maximum Gasteiger partial charge on any atom is 0.410 e. The molecule has 1 unspecified atom stereocenters. The molecule has 40 heavy (non-hydrogen) atoms. The van der Waals surface area contributed by atoms with E-state index in [1.165, 1.54) is 11.8 Å². The molecule has 1 aromatic rings. The number of piperidine rings is 1. The lowest BCUT2D eigenvalue weighted by Gasteiger charge is -2.42. The molecule has 0 radical (unpaired) electrons. The van der Waals surface area contributed by atoms with Crippen LogP contribution in [0.25, 0.3) is 0 Å². The second-order valence-electron chi connectivity index (χ2n) is 11.8. The zero-order valence-corrected chi connectivity index (χ0v) is 24.7. The number of rotatable bonds is 9. The lowest BCUT2D eigenvalue weighted by Crippen LogP contribution is -2.59. The molecule has 11 heteroatoms. The number of carboxylic acid groups (broad SMARTS) is 1. The van der Waals surface area contributed by atoms with Gasteiger partial charge >= 0.3 is 12.1 Å². The van der Waals surface area contributed by atoms with Gasteiger partial charge in [-0.25, -0.2) is 9.59 Å². The van der Waals surface area contributed by atoms with Gasteiger partial charge in [0.25, 0.3) is 17.4 Å². The van der Waals surface area contributed by atoms with Gasteiger partial charge in [-0.2, -0.15) is 0 Å². The second-order valence-corrected chi connectivity index (χ2v) is 11.8. The van der Waals surface area contributed by atoms with E-state index in [0.717, 1.165) is 12.8 Å². The maximum absolute atomic E-state index is 13.9. The number of anilines is 1. The molecule has 2 atom stereocenters. The standard InChI is InChI=1S/C29H43N3O8/c1-19(2)32(21-11-10-14-30(18-21)27(37)40-28(3,4)5)24(33)20-12-13-23-22(17-20)31(15-8-9-16-38-7)25(34)29(6,39-23)26(35)36/h12-13,17,19,21H,8-11,14-16,18H2,1-7H3,(H,35,36)/t21-,29?/m1/s1. The van der Waals surface area contributed by atoms with Gasteiger partial charge in [-0.15, -0.1) is 0 Å². The Morgan fingerprint density at radius 3 is 2.52 bits per heavy atom. The Balaban J connectivity index is 1.90. The van der Waals surface area contributed by atoms with Gasteiger partial charge < -0.3 is 34.0 Å². The molecule has 1 aromatic carbocycles. The molecule has 2 heterocycles. The number of fused-ring (bicyclic) bond motifs is 1. The zero-order chi connectivity index (χ0) is 29.8. The summed E-state index contributed by atoms with van der Waals surface area (Å²) in [5.41, 5.74) is -1.99. The number of nitrogens with zero attached hydrogens (tertiary/aromatic N) is 3. The van der Waals surface area contributed by atoms with E-state index in [4.69, 9.17) is 14.2 Å². The molecule has 1 N–H and O–H groups in total. The van der Waals surface area contributed by atoms with E-state index in [1.54, 1.807) is 35.1 Å². The van der Waals surface area contributed by atoms with Crippen molar-refractivity contribution in [2.24, 2.45) is 0 Å². The molecule has 0 spiro atoms. The first kappa shape index (κ1) is 31.2. The van der Waals surface area contributed by atoms with Crippen molar-refractivity contribution in [1.29, 1.82) is 0 Å². The third kappa shape index (κ3) is 6.86. The first-order valence-electron chi connectivity index (χ1n) is 13.9. The lowest BCUT2D eigenvalue weighted by atomic mass is 9.98. The largest absolute Gasteiger partial charge is 0.478 e. The van der Waals surface area contributed by atoms with Crippen molar-refractivity contribution in [3.8, 4) is 5.75 Å². The zero-order valence-electron chi connectivity index (χ0n) is 24.7. The summed E-state index contributed by atoms with van der Waals surface area (Å²) < 4.78 is 16.4. The summed E-state index contributed by atoms with van der Waals surface area (Å²) in [6.45, 7) is 12.2. The number of ether oxygens (including phenoxy) is 3. The fourth-order valence-corrected chi connectivity index (χ4v) is 5.10. The van der Waals surface area contributed by atoms with Gasteiger partial charge in [-0.05, 0) is 85.4 Å². The number of hydrogen-bond donors (Lipinski definition) is 1. The van der Waals surface area contributed by atoms with Crippen molar-refractivity contribution in [3.05, 3.63) is 23.8 Å². The highest BCUT2D eigenvalue weighted by molar-refractivity contribution is 6.15. The molecule has 222 valence electrons. The van der Waals surface area contributed by atoms with Gasteiger partial charge in [-0.1, -0.05) is 0 Å². The molecule has 0 aromatic heterocycles. The molecule has 2 aliphatic heterocycles. The number of carbonyl (C=O) groups excluding carboxylic acids is 3. The van der Waals surface area contributed by atoms with E-state index in [-0.39, 0.29) is 30.3 Å². The molecular formula is C29H43N3O8. The number of aliphatic carboxylic acids is 1. The van der Waals surface area contributed by atoms with Crippen LogP contribution in [0, 0.1) is 0 Å². The Morgan fingerprint density at radius 1 is 1.23 bits per heavy atom. The lowest BCUT2D eigenvalue weighted by molar-refractivity contribution is -0.161. The van der Waals surface area contributed by atoms with E-state index in [9.17, 15) is 24.3 Å². The average molecular weight is 562 g/mol. The van der Waals surface area contributed by atoms with Crippen molar-refractivity contribution in [1.82, 2.24) is 9.80 Å². The highest BCUT2D eigenvalue weighted by Gasteiger charge is 2.51. The van der Waals surface area contributed by atoms with Crippen LogP contribution < -0.4 is 9.64 Å². The number of carbonyl (C=O) groups is 4. The summed E-state index contributed by atoms with van der Waals surface area (Å²) in [6, 6.07) is 4.35. The number of likely N-dealkylation sites (tertiary alicyclic amines) is 1. The molecular weight excluding hydrogens is 518 g/mol. The van der Waals surface area contributed by atoms with Crippen molar-refractivity contribution < 1.29 is 38.5 Å². The van der Waals surface area contributed by atoms with Crippen LogP contribution in [-0.4, -0.2) is 95.4 Å². The first-order valence-corrected chi connectivity index (χ1v) is 13.9. The van der Waals surface area contributed by atoms with Gasteiger partial charge in [0.1, 0.15) is 11.4 Å². The summed E-state index contributed by atoms with van der Waals surface area (Å²) >= 11 is 0. The molecule has 0 bridgehead atoms. The summed E-state index contributed by atoms with van der Waals surface area (Å²) in [5.74, 6) is -2.11. The van der Waals surface area contributed by atoms with Gasteiger partial charge in [0.15, 0.2) is 0 Å². The Labute approximate surface area is 236 Å². The highest BCUT2D eigenvalue weighted by Crippen LogP contribution is 2.39. The molecule has 0 aliphatic carbocycles. The maximum atomic E-state index is 13.9. The smallest absolute Gasteiger partial charge is 0.410 e. The number of amides is 3. The SMILES string of the molecule is COCCCCN1C(=O)C(C)(C(=O)O)Oc2ccc(C(=O)N(C(C)C)[C@@H]3CCCN(C(=O)OC(C)(C)C)C3)cc21. The highest BCUT2D eigenvalue weighted by atomic mass is 16.6. The number of methoxy groups -OCH3 is 1. The summed E-state index contributed by atoms with van der Waals surface area (Å²) in [5, 5.41) is 9.77. The van der Waals surface area contributed by atoms with E-state index in [0.29, 0.717) is 43.8 Å². The Hall–Kier alpha value is -3.34. The number of unbranched alkanes of at least 4 members (excludes halogenated alkanes) is 1. The first-order chi connectivity index (χ1) is 18.7. The molecule has 0 saturated carbocycles. The monoisotopic (exact) mass is 561 g/mol. The van der Waals surface area contributed by atoms with E-state index in [2.05, 4.69) is 0 Å². The normalized spacial score (nSPS) is 21.1. The van der Waals surface area contributed by atoms with Crippen molar-refractivity contribution in [3.63, 3.8) is 0 Å². The molecule has 11 nitrogen and oxygen atoms in total. The molecule has 3 amide bonds. The Kier molecular flexibility index (Phi) is 9.71. The van der Waals surface area contributed by atoms with Crippen LogP contribution in [0.3, 0.4) is 0 Å². The quantitative estimate of drug-likeness (QED) is 0.355. The van der Waals surface area contributed by atoms with Crippen LogP contribution in [0.4, 0.5) is 10.5 Å². The summed E-state index contributed by atoms with van der Waals surface area (Å²) in [4.78, 5) is 56.8. The topological polar surface area (TPSA) is 126 Å². The summed E-state index contributed by atoms with van der Waals surface area (Å²) in [6.07, 6.45) is 2.32. The van der Waals surface area contributed by atoms with Crippen molar-refractivity contribution in [2.45, 2.75) is 90.5 Å². The van der Waals surface area contributed by atoms with Crippen LogP contribution in [0.15, 0.2) is 18.2 Å². The van der Waals surface area contributed by atoms with Gasteiger partial charge in [0.2, 0.25) is 0 Å². The van der Waals surface area contributed by atoms with Gasteiger partial charge in [0, 0.05) is 45.0 Å². The fraction of sp³-hybridized carbons (Fsp3) is 0.655. The van der Waals surface area contributed by atoms with Crippen molar-refractivity contribution >= 4 is 29.6 Å². The predicted molar refractivity (Wildman–Crippen MR) is 149 cm³/mol. The van der Waals surface area contributed by atoms with E-state index < -0.39 is 29.2 Å². The fourth-order valence-electron chi connectivity index (χ4n) is 5.10. The molecule has 1 fully saturated rings. The predicted octanol–water partition coefficient (Wildman–Crippen LogP) is 3.93. The third-order valence-electron chi connectivity index (χ3n) is 7.08. The van der Waals surface area contributed by atoms with E-state index >= 15 is 0 Å². The van der Waals surface area contributed by atoms with Crippen molar-refractivity contribution in [2.75, 3.05) is 38.3 Å². The molecule has 1 saturated heterocycles. The average Bonchev–Trinajstić information content (AvgIpc) is 2.87. The second kappa shape index (κ2) is 12.4. The molecule has 2 aliphatic rings. The van der Waals surface area contributed by atoms with Crippen LogP contribution in [-0.2, 0) is 19.1 Å². The van der Waals surface area contributed by atoms with Crippen LogP contribution >= 0.6 is 0 Å². The number of hydrogen-bond acceptors (Lipinski definition) is 7. The number of benzene rings is 1. The minimum Gasteiger partial charge on any atom is -0.478 e. The van der Waals surface area contributed by atoms with Gasteiger partial charge in [-0.3, -0.25) is 9.59 Å². The van der Waals surface area contributed by atoms with Gasteiger partial charge in [0.05, 0.1) is 11.7 Å². The minimum absolute atomic E-state index is 0.162. The molecule has 3 rings (SSSR count). The van der Waals surface area contributed by atoms with Crippen LogP contribution in [0.1, 0.15) is 77.6 Å². The van der Waals surface area contributed by atoms with Crippen LogP contribution in [0.2, 0.25) is 0 Å². The van der Waals surface area contributed by atoms with Crippen LogP contribution in [0.5, 0.6) is 5.75 Å². The number of carboxylic acids is 1. The Bertz CT molecular complexity index is 1110. The Morgan fingerprint density at radius 2 is 1.93 bits per heavy atom. The third-order valence-corrected chi connectivity index (χ3v) is 7.08. The summed E-state index contributed by atoms with van der Waals surface area (Å²) in [7, 11) is 1.59. The van der Waals surface area contributed by atoms with E-state index in [1.807, 2.05) is 34.6 Å². The minimum atomic E-state index is -2.07.